The molecule has 2 rings (SSSR count). The summed E-state index contributed by atoms with van der Waals surface area (Å²) in [6.45, 7) is 3.44. The maximum absolute atomic E-state index is 13.6. The summed E-state index contributed by atoms with van der Waals surface area (Å²) in [6, 6.07) is 5.25. The molecule has 0 radical (unpaired) electrons. The maximum atomic E-state index is 13.6. The van der Waals surface area contributed by atoms with Crippen LogP contribution in [0.15, 0.2) is 22.7 Å². The Morgan fingerprint density at radius 3 is 2.82 bits per heavy atom. The van der Waals surface area contributed by atoms with Gasteiger partial charge in [0.2, 0.25) is 0 Å². The topological polar surface area (TPSA) is 29.3 Å². The van der Waals surface area contributed by atoms with E-state index in [1.165, 1.54) is 6.07 Å². The molecule has 1 heterocycles. The van der Waals surface area contributed by atoms with Crippen LogP contribution in [0.3, 0.4) is 0 Å². The standard InChI is InChI=1S/C12H16BrFN2.ClH/c13-11-2-1-10(12(14)5-11)8-16-4-3-9(6-15)7-16;/h1-2,5,9H,3-4,6-8,15H2;1H. The van der Waals surface area contributed by atoms with E-state index in [1.54, 1.807) is 0 Å². The van der Waals surface area contributed by atoms with E-state index in [1.807, 2.05) is 12.1 Å². The highest BCUT2D eigenvalue weighted by Gasteiger charge is 2.21. The first-order valence-corrected chi connectivity index (χ1v) is 6.34. The third-order valence-electron chi connectivity index (χ3n) is 3.11. The summed E-state index contributed by atoms with van der Waals surface area (Å²) >= 11 is 3.26. The Morgan fingerprint density at radius 1 is 1.47 bits per heavy atom. The number of hydrogen-bond acceptors (Lipinski definition) is 2. The van der Waals surface area contributed by atoms with Crippen LogP contribution in [0.1, 0.15) is 12.0 Å². The average molecular weight is 324 g/mol. The molecule has 0 aromatic heterocycles. The van der Waals surface area contributed by atoms with Crippen molar-refractivity contribution in [3.63, 3.8) is 0 Å². The monoisotopic (exact) mass is 322 g/mol. The zero-order chi connectivity index (χ0) is 11.5. The highest BCUT2D eigenvalue weighted by atomic mass is 79.9. The van der Waals surface area contributed by atoms with Gasteiger partial charge in [-0.2, -0.15) is 0 Å². The molecule has 96 valence electrons. The summed E-state index contributed by atoms with van der Waals surface area (Å²) in [5.74, 6) is 0.448. The number of halogens is 3. The average Bonchev–Trinajstić information content (AvgIpc) is 2.70. The van der Waals surface area contributed by atoms with Crippen molar-refractivity contribution < 1.29 is 4.39 Å². The Kier molecular flexibility index (Phi) is 5.86. The minimum atomic E-state index is -0.134. The molecule has 1 aliphatic heterocycles. The Morgan fingerprint density at radius 2 is 2.24 bits per heavy atom. The third-order valence-corrected chi connectivity index (χ3v) is 3.61. The van der Waals surface area contributed by atoms with Gasteiger partial charge in [0.05, 0.1) is 0 Å². The fourth-order valence-electron chi connectivity index (χ4n) is 2.14. The predicted molar refractivity (Wildman–Crippen MR) is 73.8 cm³/mol. The van der Waals surface area contributed by atoms with Gasteiger partial charge in [0.15, 0.2) is 0 Å². The molecule has 1 aromatic carbocycles. The SMILES string of the molecule is Cl.NCC1CCN(Cc2ccc(Br)cc2F)C1. The van der Waals surface area contributed by atoms with E-state index in [9.17, 15) is 4.39 Å². The van der Waals surface area contributed by atoms with Gasteiger partial charge in [-0.25, -0.2) is 4.39 Å². The van der Waals surface area contributed by atoms with Crippen molar-refractivity contribution in [1.82, 2.24) is 4.90 Å². The maximum Gasteiger partial charge on any atom is 0.128 e. The number of benzene rings is 1. The number of rotatable bonds is 3. The van der Waals surface area contributed by atoms with Gasteiger partial charge in [-0.3, -0.25) is 4.90 Å². The van der Waals surface area contributed by atoms with Gasteiger partial charge in [-0.05, 0) is 37.6 Å². The molecule has 17 heavy (non-hydrogen) atoms. The van der Waals surface area contributed by atoms with Crippen molar-refractivity contribution in [2.75, 3.05) is 19.6 Å². The second-order valence-corrected chi connectivity index (χ2v) is 5.28. The number of likely N-dealkylation sites (tertiary alicyclic amines) is 1. The fourth-order valence-corrected chi connectivity index (χ4v) is 2.47. The van der Waals surface area contributed by atoms with E-state index in [2.05, 4.69) is 20.8 Å². The molecular weight excluding hydrogens is 307 g/mol. The summed E-state index contributed by atoms with van der Waals surface area (Å²) in [4.78, 5) is 2.27. The minimum Gasteiger partial charge on any atom is -0.330 e. The predicted octanol–water partition coefficient (Wildman–Crippen LogP) is 2.79. The van der Waals surface area contributed by atoms with Gasteiger partial charge < -0.3 is 5.73 Å². The van der Waals surface area contributed by atoms with Crippen molar-refractivity contribution in [3.05, 3.63) is 34.1 Å². The Bertz CT molecular complexity index is 376. The molecular formula is C12H17BrClFN2. The quantitative estimate of drug-likeness (QED) is 0.927. The molecule has 0 bridgehead atoms. The van der Waals surface area contributed by atoms with Crippen LogP contribution in [0.4, 0.5) is 4.39 Å². The molecule has 1 fully saturated rings. The van der Waals surface area contributed by atoms with Crippen molar-refractivity contribution >= 4 is 28.3 Å². The largest absolute Gasteiger partial charge is 0.330 e. The molecule has 1 unspecified atom stereocenters. The lowest BCUT2D eigenvalue weighted by molar-refractivity contribution is 0.312. The first kappa shape index (κ1) is 14.9. The molecule has 1 atom stereocenters. The Hall–Kier alpha value is -0.160. The van der Waals surface area contributed by atoms with E-state index in [4.69, 9.17) is 5.73 Å². The second kappa shape index (κ2) is 6.69. The van der Waals surface area contributed by atoms with Crippen LogP contribution in [0.5, 0.6) is 0 Å². The van der Waals surface area contributed by atoms with E-state index in [0.717, 1.165) is 36.1 Å². The molecule has 5 heteroatoms. The first-order valence-electron chi connectivity index (χ1n) is 5.55. The van der Waals surface area contributed by atoms with Gasteiger partial charge in [-0.15, -0.1) is 12.4 Å². The molecule has 0 amide bonds. The van der Waals surface area contributed by atoms with Crippen LogP contribution in [0, 0.1) is 11.7 Å². The van der Waals surface area contributed by atoms with E-state index in [-0.39, 0.29) is 18.2 Å². The summed E-state index contributed by atoms with van der Waals surface area (Å²) in [6.07, 6.45) is 1.13. The summed E-state index contributed by atoms with van der Waals surface area (Å²) < 4.78 is 14.4. The number of nitrogens with two attached hydrogens (primary N) is 1. The number of hydrogen-bond donors (Lipinski definition) is 1. The highest BCUT2D eigenvalue weighted by Crippen LogP contribution is 2.21. The lowest BCUT2D eigenvalue weighted by atomic mass is 10.1. The van der Waals surface area contributed by atoms with Crippen molar-refractivity contribution in [2.24, 2.45) is 11.7 Å². The molecule has 1 saturated heterocycles. The Balaban J connectivity index is 0.00000144. The molecule has 1 aliphatic rings. The van der Waals surface area contributed by atoms with E-state index >= 15 is 0 Å². The van der Waals surface area contributed by atoms with Gasteiger partial charge in [0, 0.05) is 23.1 Å². The highest BCUT2D eigenvalue weighted by molar-refractivity contribution is 9.10. The van der Waals surface area contributed by atoms with Crippen LogP contribution in [0.25, 0.3) is 0 Å². The van der Waals surface area contributed by atoms with E-state index < -0.39 is 0 Å². The zero-order valence-electron chi connectivity index (χ0n) is 9.53. The second-order valence-electron chi connectivity index (χ2n) is 4.36. The minimum absolute atomic E-state index is 0. The van der Waals surface area contributed by atoms with Gasteiger partial charge in [0.1, 0.15) is 5.82 Å². The van der Waals surface area contributed by atoms with Crippen LogP contribution < -0.4 is 5.73 Å². The summed E-state index contributed by atoms with van der Waals surface area (Å²) in [5.41, 5.74) is 6.40. The smallest absolute Gasteiger partial charge is 0.128 e. The van der Waals surface area contributed by atoms with Gasteiger partial charge in [-0.1, -0.05) is 22.0 Å². The molecule has 0 aliphatic carbocycles. The Labute approximate surface area is 116 Å². The van der Waals surface area contributed by atoms with Gasteiger partial charge in [0.25, 0.3) is 0 Å². The summed E-state index contributed by atoms with van der Waals surface area (Å²) in [7, 11) is 0. The fraction of sp³-hybridized carbons (Fsp3) is 0.500. The van der Waals surface area contributed by atoms with Crippen molar-refractivity contribution in [2.45, 2.75) is 13.0 Å². The molecule has 0 spiro atoms. The zero-order valence-corrected chi connectivity index (χ0v) is 11.9. The molecule has 2 N–H and O–H groups in total. The molecule has 1 aromatic rings. The van der Waals surface area contributed by atoms with Crippen LogP contribution >= 0.6 is 28.3 Å². The van der Waals surface area contributed by atoms with Gasteiger partial charge >= 0.3 is 0 Å². The third kappa shape index (κ3) is 3.91. The van der Waals surface area contributed by atoms with Crippen LogP contribution in [-0.2, 0) is 6.54 Å². The molecule has 0 saturated carbocycles. The van der Waals surface area contributed by atoms with Crippen LogP contribution in [-0.4, -0.2) is 24.5 Å². The summed E-state index contributed by atoms with van der Waals surface area (Å²) in [5, 5.41) is 0. The van der Waals surface area contributed by atoms with Crippen LogP contribution in [0.2, 0.25) is 0 Å². The lowest BCUT2D eigenvalue weighted by Crippen LogP contribution is -2.23. The lowest BCUT2D eigenvalue weighted by Gasteiger charge is -2.16. The normalized spacial score (nSPS) is 20.3. The van der Waals surface area contributed by atoms with Crippen molar-refractivity contribution in [1.29, 1.82) is 0 Å². The molecule has 2 nitrogen and oxygen atoms in total. The van der Waals surface area contributed by atoms with Crippen molar-refractivity contribution in [3.8, 4) is 0 Å². The number of nitrogens with zero attached hydrogens (tertiary/aromatic N) is 1. The van der Waals surface area contributed by atoms with E-state index in [0.29, 0.717) is 12.5 Å². The first-order chi connectivity index (χ1) is 7.69.